The van der Waals surface area contributed by atoms with Crippen LogP contribution in [0.1, 0.15) is 40.3 Å². The number of carbonyl (C=O) groups is 2. The largest absolute Gasteiger partial charge is 0.491 e. The van der Waals surface area contributed by atoms with E-state index in [0.29, 0.717) is 22.5 Å². The number of H-pyrrole nitrogens is 1. The molecule has 0 saturated heterocycles. The van der Waals surface area contributed by atoms with Crippen LogP contribution >= 0.6 is 0 Å². The number of rotatable bonds is 10. The molecule has 3 aromatic carbocycles. The van der Waals surface area contributed by atoms with E-state index in [4.69, 9.17) is 25.4 Å². The molecule has 0 aliphatic heterocycles. The van der Waals surface area contributed by atoms with Gasteiger partial charge in [0.25, 0.3) is 5.88 Å². The van der Waals surface area contributed by atoms with Crippen molar-refractivity contribution in [3.8, 4) is 17.3 Å². The van der Waals surface area contributed by atoms with Gasteiger partial charge in [-0.3, -0.25) is 15.2 Å². The van der Waals surface area contributed by atoms with Crippen LogP contribution in [0.15, 0.2) is 89.9 Å². The third-order valence-corrected chi connectivity index (χ3v) is 6.85. The summed E-state index contributed by atoms with van der Waals surface area (Å²) in [7, 11) is 2.88. The van der Waals surface area contributed by atoms with E-state index in [1.165, 1.54) is 50.7 Å². The molecule has 1 unspecified atom stereocenters. The molecule has 2 heterocycles. The molecule has 0 fully saturated rings. The molecular weight excluding hydrogens is 597 g/mol. The van der Waals surface area contributed by atoms with Gasteiger partial charge in [0.15, 0.2) is 11.6 Å². The number of nitrogens with zero attached hydrogens (tertiary/aromatic N) is 4. The number of hydrogen-bond donors (Lipinski definition) is 3. The molecular formula is C32H28FN7O6. The van der Waals surface area contributed by atoms with Crippen molar-refractivity contribution in [2.75, 3.05) is 19.1 Å². The number of hydrogen-bond acceptors (Lipinski definition) is 10. The molecule has 0 spiro atoms. The fourth-order valence-corrected chi connectivity index (χ4v) is 4.84. The zero-order chi connectivity index (χ0) is 33.0. The first kappa shape index (κ1) is 31.1. The molecule has 5 rings (SSSR count). The SMILES string of the molecule is COc1cc(C(c2nn(-c3ccccc3C(=O)OC(C)=O)c(=O)[nH]2)N(c2ccc(C(=N)N)cc2)c2cccc(F)c2)cnc1OC. The molecule has 0 aliphatic rings. The lowest BCUT2D eigenvalue weighted by atomic mass is 10.0. The summed E-state index contributed by atoms with van der Waals surface area (Å²) in [5.41, 5.74) is 6.73. The minimum Gasteiger partial charge on any atom is -0.491 e. The Balaban J connectivity index is 1.77. The number of nitrogens with two attached hydrogens (primary N) is 1. The molecule has 5 aromatic rings. The van der Waals surface area contributed by atoms with Gasteiger partial charge in [0, 0.05) is 35.6 Å². The Hall–Kier alpha value is -6.31. The number of carbonyl (C=O) groups excluding carboxylic acids is 2. The second-order valence-corrected chi connectivity index (χ2v) is 9.82. The summed E-state index contributed by atoms with van der Waals surface area (Å²) >= 11 is 0. The minimum atomic E-state index is -0.998. The maximum absolute atomic E-state index is 14.7. The Morgan fingerprint density at radius 3 is 2.39 bits per heavy atom. The molecule has 0 bridgehead atoms. The summed E-state index contributed by atoms with van der Waals surface area (Å²) in [6, 6.07) is 19.1. The number of nitrogens with one attached hydrogen (secondary N) is 2. The van der Waals surface area contributed by atoms with Crippen LogP contribution in [0.5, 0.6) is 11.6 Å². The van der Waals surface area contributed by atoms with E-state index in [0.717, 1.165) is 11.6 Å². The van der Waals surface area contributed by atoms with Gasteiger partial charge in [-0.05, 0) is 60.7 Å². The van der Waals surface area contributed by atoms with Crippen LogP contribution in [0.25, 0.3) is 5.69 Å². The van der Waals surface area contributed by atoms with Crippen LogP contribution in [0.4, 0.5) is 15.8 Å². The molecule has 4 N–H and O–H groups in total. The maximum atomic E-state index is 14.7. The highest BCUT2D eigenvalue weighted by Gasteiger charge is 2.31. The molecule has 46 heavy (non-hydrogen) atoms. The van der Waals surface area contributed by atoms with E-state index in [1.807, 2.05) is 0 Å². The number of aromatic nitrogens is 4. The van der Waals surface area contributed by atoms with Crippen LogP contribution in [0.2, 0.25) is 0 Å². The third-order valence-electron chi connectivity index (χ3n) is 6.85. The van der Waals surface area contributed by atoms with Crippen molar-refractivity contribution in [3.63, 3.8) is 0 Å². The zero-order valence-corrected chi connectivity index (χ0v) is 24.9. The Morgan fingerprint density at radius 2 is 1.74 bits per heavy atom. The highest BCUT2D eigenvalue weighted by Crippen LogP contribution is 2.40. The topological polar surface area (TPSA) is 179 Å². The van der Waals surface area contributed by atoms with Gasteiger partial charge in [-0.25, -0.2) is 19.0 Å². The molecule has 1 atom stereocenters. The highest BCUT2D eigenvalue weighted by atomic mass is 19.1. The van der Waals surface area contributed by atoms with Gasteiger partial charge >= 0.3 is 17.6 Å². The predicted octanol–water partition coefficient (Wildman–Crippen LogP) is 4.03. The molecule has 0 radical (unpaired) electrons. The lowest BCUT2D eigenvalue weighted by molar-refractivity contribution is -0.135. The Kier molecular flexibility index (Phi) is 8.89. The maximum Gasteiger partial charge on any atom is 0.348 e. The van der Waals surface area contributed by atoms with E-state index in [9.17, 15) is 18.8 Å². The quantitative estimate of drug-likeness (QED) is 0.0888. The van der Waals surface area contributed by atoms with Crippen LogP contribution in [0.3, 0.4) is 0 Å². The predicted molar refractivity (Wildman–Crippen MR) is 165 cm³/mol. The van der Waals surface area contributed by atoms with Crippen LogP contribution in [-0.4, -0.2) is 51.7 Å². The number of benzene rings is 3. The number of nitrogen functional groups attached to an aromatic ring is 1. The van der Waals surface area contributed by atoms with Crippen molar-refractivity contribution in [3.05, 3.63) is 124 Å². The normalized spacial score (nSPS) is 11.4. The van der Waals surface area contributed by atoms with Crippen molar-refractivity contribution < 1.29 is 28.2 Å². The summed E-state index contributed by atoms with van der Waals surface area (Å²) in [5.74, 6) is -1.92. The lowest BCUT2D eigenvalue weighted by Gasteiger charge is -2.33. The second kappa shape index (κ2) is 13.1. The fraction of sp³-hybridized carbons (Fsp3) is 0.125. The van der Waals surface area contributed by atoms with Gasteiger partial charge in [-0.1, -0.05) is 18.2 Å². The summed E-state index contributed by atoms with van der Waals surface area (Å²) in [4.78, 5) is 46.6. The molecule has 0 amide bonds. The number of ether oxygens (including phenoxy) is 3. The number of para-hydroxylation sites is 1. The van der Waals surface area contributed by atoms with Crippen molar-refractivity contribution in [1.82, 2.24) is 19.7 Å². The van der Waals surface area contributed by atoms with Crippen LogP contribution in [-0.2, 0) is 9.53 Å². The van der Waals surface area contributed by atoms with Crippen molar-refractivity contribution in [2.24, 2.45) is 5.73 Å². The standard InChI is InChI=1S/C32H28FN7O6/c1-18(41)46-31(42)24-9-4-5-10-25(24)40-32(43)37-29(38-40)27(20-15-26(44-2)30(45-3)36-17-20)39(23-8-6-7-21(33)16-23)22-13-11-19(12-14-22)28(34)35/h4-17,27H,1-3H3,(H3,34,35)(H,37,38,43). The second-order valence-electron chi connectivity index (χ2n) is 9.82. The van der Waals surface area contributed by atoms with E-state index in [-0.39, 0.29) is 34.5 Å². The van der Waals surface area contributed by atoms with Gasteiger partial charge in [0.05, 0.1) is 25.5 Å². The highest BCUT2D eigenvalue weighted by molar-refractivity contribution is 5.99. The third kappa shape index (κ3) is 6.31. The van der Waals surface area contributed by atoms with E-state index < -0.39 is 29.5 Å². The molecule has 234 valence electrons. The number of anilines is 2. The summed E-state index contributed by atoms with van der Waals surface area (Å²) < 4.78 is 31.3. The summed E-state index contributed by atoms with van der Waals surface area (Å²) in [5, 5.41) is 12.4. The first-order valence-electron chi connectivity index (χ1n) is 13.7. The first-order chi connectivity index (χ1) is 22.1. The van der Waals surface area contributed by atoms with Gasteiger partial charge < -0.3 is 24.8 Å². The number of halogens is 1. The minimum absolute atomic E-state index is 0.0496. The number of esters is 2. The Labute approximate surface area is 261 Å². The Morgan fingerprint density at radius 1 is 1.00 bits per heavy atom. The smallest absolute Gasteiger partial charge is 0.348 e. The number of amidine groups is 1. The molecule has 13 nitrogen and oxygen atoms in total. The number of aromatic amines is 1. The summed E-state index contributed by atoms with van der Waals surface area (Å²) in [6.07, 6.45) is 1.50. The summed E-state index contributed by atoms with van der Waals surface area (Å²) in [6.45, 7) is 1.09. The van der Waals surface area contributed by atoms with Gasteiger partial charge in [-0.15, -0.1) is 5.10 Å². The van der Waals surface area contributed by atoms with Gasteiger partial charge in [0.2, 0.25) is 0 Å². The molecule has 2 aromatic heterocycles. The van der Waals surface area contributed by atoms with E-state index in [2.05, 4.69) is 15.1 Å². The average Bonchev–Trinajstić information content (AvgIpc) is 3.43. The number of methoxy groups -OCH3 is 2. The van der Waals surface area contributed by atoms with Crippen LogP contribution in [0, 0.1) is 11.2 Å². The lowest BCUT2D eigenvalue weighted by Crippen LogP contribution is -2.27. The fourth-order valence-electron chi connectivity index (χ4n) is 4.84. The van der Waals surface area contributed by atoms with Crippen molar-refractivity contribution >= 4 is 29.1 Å². The molecule has 14 heteroatoms. The monoisotopic (exact) mass is 625 g/mol. The van der Waals surface area contributed by atoms with Crippen LogP contribution < -0.4 is 25.8 Å². The van der Waals surface area contributed by atoms with E-state index in [1.54, 1.807) is 53.4 Å². The first-order valence-corrected chi connectivity index (χ1v) is 13.7. The average molecular weight is 626 g/mol. The Bertz CT molecular complexity index is 1990. The molecule has 0 aliphatic carbocycles. The van der Waals surface area contributed by atoms with Crippen molar-refractivity contribution in [2.45, 2.75) is 13.0 Å². The number of pyridine rings is 1. The van der Waals surface area contributed by atoms with Gasteiger partial charge in [0.1, 0.15) is 17.7 Å². The molecule has 0 saturated carbocycles. The van der Waals surface area contributed by atoms with Crippen molar-refractivity contribution in [1.29, 1.82) is 5.41 Å². The van der Waals surface area contributed by atoms with Gasteiger partial charge in [-0.2, -0.15) is 4.68 Å². The van der Waals surface area contributed by atoms with E-state index >= 15 is 0 Å². The zero-order valence-electron chi connectivity index (χ0n) is 24.9.